The van der Waals surface area contributed by atoms with E-state index in [4.69, 9.17) is 0 Å². The van der Waals surface area contributed by atoms with Crippen molar-refractivity contribution in [3.63, 3.8) is 0 Å². The van der Waals surface area contributed by atoms with Crippen LogP contribution in [0.15, 0.2) is 30.3 Å². The van der Waals surface area contributed by atoms with Crippen molar-refractivity contribution in [3.8, 4) is 0 Å². The van der Waals surface area contributed by atoms with Crippen LogP contribution in [0, 0.1) is 6.92 Å². The summed E-state index contributed by atoms with van der Waals surface area (Å²) in [5, 5.41) is 7.07. The Hall–Kier alpha value is -2.70. The second-order valence-electron chi connectivity index (χ2n) is 6.48. The Morgan fingerprint density at radius 2 is 1.88 bits per heavy atom. The second-order valence-corrected chi connectivity index (χ2v) is 6.48. The van der Waals surface area contributed by atoms with Gasteiger partial charge in [0, 0.05) is 6.54 Å². The van der Waals surface area contributed by atoms with Gasteiger partial charge in [-0.05, 0) is 32.8 Å². The fraction of sp³-hybridized carbons (Fsp3) is 0.412. The zero-order valence-electron chi connectivity index (χ0n) is 14.1. The molecule has 24 heavy (non-hydrogen) atoms. The van der Waals surface area contributed by atoms with E-state index in [2.05, 4.69) is 27.5 Å². The molecular formula is C17H21N5O2. The van der Waals surface area contributed by atoms with Gasteiger partial charge in [0.2, 0.25) is 0 Å². The summed E-state index contributed by atoms with van der Waals surface area (Å²) in [6, 6.07) is 9.71. The van der Waals surface area contributed by atoms with Gasteiger partial charge in [0.05, 0.1) is 6.54 Å². The van der Waals surface area contributed by atoms with E-state index < -0.39 is 5.54 Å². The van der Waals surface area contributed by atoms with E-state index in [1.165, 1.54) is 10.5 Å². The minimum absolute atomic E-state index is 0.129. The molecule has 1 aromatic carbocycles. The van der Waals surface area contributed by atoms with Crippen molar-refractivity contribution in [2.75, 3.05) is 0 Å². The summed E-state index contributed by atoms with van der Waals surface area (Å²) in [7, 11) is 0. The number of rotatable bonds is 5. The van der Waals surface area contributed by atoms with Crippen molar-refractivity contribution in [1.29, 1.82) is 0 Å². The molecule has 0 bridgehead atoms. The third-order valence-corrected chi connectivity index (χ3v) is 4.05. The van der Waals surface area contributed by atoms with Crippen molar-refractivity contribution in [1.82, 2.24) is 25.0 Å². The van der Waals surface area contributed by atoms with Crippen LogP contribution in [0.25, 0.3) is 0 Å². The average molecular weight is 327 g/mol. The van der Waals surface area contributed by atoms with Gasteiger partial charge in [-0.3, -0.25) is 9.69 Å². The number of urea groups is 1. The normalized spacial score (nSPS) is 16.5. The molecule has 0 saturated carbocycles. The fourth-order valence-electron chi connectivity index (χ4n) is 2.78. The Balaban J connectivity index is 1.75. The maximum absolute atomic E-state index is 12.3. The topological polar surface area (TPSA) is 80.1 Å². The first-order chi connectivity index (χ1) is 11.4. The van der Waals surface area contributed by atoms with Crippen LogP contribution in [0.3, 0.4) is 0 Å². The molecule has 2 aromatic rings. The molecule has 0 unspecified atom stereocenters. The lowest BCUT2D eigenvalue weighted by atomic mass is 10.1. The number of carbonyl (C=O) groups is 2. The molecule has 126 valence electrons. The molecule has 3 rings (SSSR count). The predicted molar refractivity (Wildman–Crippen MR) is 88.1 cm³/mol. The van der Waals surface area contributed by atoms with Gasteiger partial charge < -0.3 is 5.32 Å². The van der Waals surface area contributed by atoms with E-state index in [9.17, 15) is 9.59 Å². The van der Waals surface area contributed by atoms with Crippen LogP contribution in [0.5, 0.6) is 0 Å². The van der Waals surface area contributed by atoms with E-state index in [0.29, 0.717) is 18.2 Å². The van der Waals surface area contributed by atoms with E-state index in [0.717, 1.165) is 6.42 Å². The maximum Gasteiger partial charge on any atom is 0.325 e. The minimum Gasteiger partial charge on any atom is -0.324 e. The van der Waals surface area contributed by atoms with E-state index in [1.54, 1.807) is 25.5 Å². The molecule has 1 aliphatic heterocycles. The van der Waals surface area contributed by atoms with Gasteiger partial charge in [0.25, 0.3) is 5.91 Å². The molecule has 1 saturated heterocycles. The Morgan fingerprint density at radius 3 is 2.50 bits per heavy atom. The van der Waals surface area contributed by atoms with E-state index >= 15 is 0 Å². The first kappa shape index (κ1) is 16.2. The van der Waals surface area contributed by atoms with Gasteiger partial charge in [-0.2, -0.15) is 5.10 Å². The number of imide groups is 1. The maximum atomic E-state index is 12.3. The lowest BCUT2D eigenvalue weighted by Gasteiger charge is -2.16. The number of nitrogens with one attached hydrogen (secondary N) is 1. The standard InChI is InChI=1S/C17H21N5O2/c1-12-18-14(11-21-15(23)17(2,3)19-16(21)24)22(20-12)10-9-13-7-5-4-6-8-13/h4-8H,9-11H2,1-3H3,(H,19,24). The summed E-state index contributed by atoms with van der Waals surface area (Å²) in [5.74, 6) is 0.997. The average Bonchev–Trinajstić information content (AvgIpc) is 2.98. The summed E-state index contributed by atoms with van der Waals surface area (Å²) in [6.07, 6.45) is 0.808. The van der Waals surface area contributed by atoms with Crippen molar-refractivity contribution in [3.05, 3.63) is 47.5 Å². The van der Waals surface area contributed by atoms with Gasteiger partial charge in [0.1, 0.15) is 17.2 Å². The van der Waals surface area contributed by atoms with Crippen molar-refractivity contribution >= 4 is 11.9 Å². The van der Waals surface area contributed by atoms with Gasteiger partial charge >= 0.3 is 6.03 Å². The van der Waals surface area contributed by atoms with Crippen LogP contribution in [0.1, 0.15) is 31.1 Å². The minimum atomic E-state index is -0.874. The molecule has 0 radical (unpaired) electrons. The molecular weight excluding hydrogens is 306 g/mol. The van der Waals surface area contributed by atoms with Crippen LogP contribution in [-0.2, 0) is 24.3 Å². The lowest BCUT2D eigenvalue weighted by Crippen LogP contribution is -2.40. The van der Waals surface area contributed by atoms with E-state index in [-0.39, 0.29) is 18.5 Å². The number of benzene rings is 1. The Bertz CT molecular complexity index is 767. The Labute approximate surface area is 140 Å². The van der Waals surface area contributed by atoms with Crippen LogP contribution in [0.4, 0.5) is 4.79 Å². The number of aromatic nitrogens is 3. The van der Waals surface area contributed by atoms with Crippen LogP contribution in [-0.4, -0.2) is 37.1 Å². The third-order valence-electron chi connectivity index (χ3n) is 4.05. The molecule has 1 aromatic heterocycles. The van der Waals surface area contributed by atoms with Gasteiger partial charge in [-0.15, -0.1) is 0 Å². The van der Waals surface area contributed by atoms with Crippen molar-refractivity contribution in [2.45, 2.75) is 45.8 Å². The SMILES string of the molecule is Cc1nc(CN2C(=O)NC(C)(C)C2=O)n(CCc2ccccc2)n1. The highest BCUT2D eigenvalue weighted by molar-refractivity contribution is 6.06. The molecule has 1 N–H and O–H groups in total. The molecule has 0 atom stereocenters. The summed E-state index contributed by atoms with van der Waals surface area (Å²) in [6.45, 7) is 5.96. The number of carbonyl (C=O) groups excluding carboxylic acids is 2. The zero-order chi connectivity index (χ0) is 17.3. The van der Waals surface area contributed by atoms with Gasteiger partial charge in [0.15, 0.2) is 0 Å². The van der Waals surface area contributed by atoms with Crippen LogP contribution >= 0.6 is 0 Å². The molecule has 7 nitrogen and oxygen atoms in total. The predicted octanol–water partition coefficient (Wildman–Crippen LogP) is 1.66. The molecule has 1 aliphatic rings. The molecule has 3 amide bonds. The van der Waals surface area contributed by atoms with Gasteiger partial charge in [-0.1, -0.05) is 30.3 Å². The highest BCUT2D eigenvalue weighted by Crippen LogP contribution is 2.19. The zero-order valence-corrected chi connectivity index (χ0v) is 14.1. The second kappa shape index (κ2) is 6.07. The fourth-order valence-corrected chi connectivity index (χ4v) is 2.78. The Kier molecular flexibility index (Phi) is 4.09. The summed E-state index contributed by atoms with van der Waals surface area (Å²) in [4.78, 5) is 29.9. The quantitative estimate of drug-likeness (QED) is 0.847. The first-order valence-electron chi connectivity index (χ1n) is 7.95. The Morgan fingerprint density at radius 1 is 1.17 bits per heavy atom. The number of amides is 3. The molecule has 7 heteroatoms. The number of hydrogen-bond donors (Lipinski definition) is 1. The summed E-state index contributed by atoms with van der Waals surface area (Å²) < 4.78 is 1.77. The number of nitrogens with zero attached hydrogens (tertiary/aromatic N) is 4. The smallest absolute Gasteiger partial charge is 0.324 e. The lowest BCUT2D eigenvalue weighted by molar-refractivity contribution is -0.130. The largest absolute Gasteiger partial charge is 0.325 e. The van der Waals surface area contributed by atoms with Gasteiger partial charge in [-0.25, -0.2) is 14.5 Å². The summed E-state index contributed by atoms with van der Waals surface area (Å²) in [5.41, 5.74) is 0.328. The van der Waals surface area contributed by atoms with Crippen molar-refractivity contribution < 1.29 is 9.59 Å². The molecule has 0 spiro atoms. The highest BCUT2D eigenvalue weighted by Gasteiger charge is 2.44. The monoisotopic (exact) mass is 327 g/mol. The van der Waals surface area contributed by atoms with E-state index in [1.807, 2.05) is 18.2 Å². The summed E-state index contributed by atoms with van der Waals surface area (Å²) >= 11 is 0. The van der Waals surface area contributed by atoms with Crippen LogP contribution in [0.2, 0.25) is 0 Å². The number of aryl methyl sites for hydroxylation is 3. The molecule has 2 heterocycles. The third kappa shape index (κ3) is 3.15. The molecule has 1 fully saturated rings. The highest BCUT2D eigenvalue weighted by atomic mass is 16.2. The van der Waals surface area contributed by atoms with Crippen molar-refractivity contribution in [2.24, 2.45) is 0 Å². The number of hydrogen-bond acceptors (Lipinski definition) is 4. The first-order valence-corrected chi connectivity index (χ1v) is 7.95. The van der Waals surface area contributed by atoms with Crippen LogP contribution < -0.4 is 5.32 Å². The molecule has 0 aliphatic carbocycles.